The molecular weight excluding hydrogens is 298 g/mol. The zero-order valence-corrected chi connectivity index (χ0v) is 13.6. The molecule has 1 amide bonds. The van der Waals surface area contributed by atoms with Gasteiger partial charge < -0.3 is 10.6 Å². The van der Waals surface area contributed by atoms with Crippen molar-refractivity contribution in [3.05, 3.63) is 58.9 Å². The molecule has 1 aromatic heterocycles. The van der Waals surface area contributed by atoms with Crippen molar-refractivity contribution in [2.75, 3.05) is 11.4 Å². The molecule has 2 heterocycles. The van der Waals surface area contributed by atoms with Gasteiger partial charge in [0.15, 0.2) is 0 Å². The van der Waals surface area contributed by atoms with Crippen molar-refractivity contribution >= 4 is 24.0 Å². The molecule has 5 heteroatoms. The van der Waals surface area contributed by atoms with E-state index in [1.54, 1.807) is 4.90 Å². The van der Waals surface area contributed by atoms with Crippen molar-refractivity contribution in [2.24, 2.45) is 5.73 Å². The number of hydrogen-bond donors (Lipinski definition) is 1. The number of amides is 1. The van der Waals surface area contributed by atoms with E-state index < -0.39 is 0 Å². The first-order valence-electron chi connectivity index (χ1n) is 7.16. The minimum absolute atomic E-state index is 0. The van der Waals surface area contributed by atoms with Crippen LogP contribution in [0.3, 0.4) is 0 Å². The molecule has 1 atom stereocenters. The summed E-state index contributed by atoms with van der Waals surface area (Å²) in [6.45, 7) is 4.34. The minimum Gasteiger partial charge on any atom is -0.326 e. The number of benzene rings is 1. The summed E-state index contributed by atoms with van der Waals surface area (Å²) >= 11 is 0. The van der Waals surface area contributed by atoms with Crippen LogP contribution in [0.25, 0.3) is 0 Å². The predicted octanol–water partition coefficient (Wildman–Crippen LogP) is 2.65. The number of para-hydroxylation sites is 1. The van der Waals surface area contributed by atoms with Gasteiger partial charge in [0.2, 0.25) is 0 Å². The van der Waals surface area contributed by atoms with Crippen LogP contribution in [0.2, 0.25) is 0 Å². The lowest BCUT2D eigenvalue weighted by Gasteiger charge is -2.33. The molecule has 4 nitrogen and oxygen atoms in total. The van der Waals surface area contributed by atoms with E-state index in [0.29, 0.717) is 12.1 Å². The molecule has 0 saturated carbocycles. The van der Waals surface area contributed by atoms with Gasteiger partial charge in [0, 0.05) is 24.0 Å². The first-order chi connectivity index (χ1) is 10.1. The van der Waals surface area contributed by atoms with Crippen molar-refractivity contribution < 1.29 is 4.79 Å². The van der Waals surface area contributed by atoms with E-state index in [1.165, 1.54) is 0 Å². The van der Waals surface area contributed by atoms with Gasteiger partial charge in [-0.2, -0.15) is 0 Å². The summed E-state index contributed by atoms with van der Waals surface area (Å²) < 4.78 is 0. The fourth-order valence-corrected chi connectivity index (χ4v) is 2.88. The summed E-state index contributed by atoms with van der Waals surface area (Å²) in [7, 11) is 0. The summed E-state index contributed by atoms with van der Waals surface area (Å²) in [4.78, 5) is 19.0. The number of nitrogens with two attached hydrogens (primary N) is 1. The van der Waals surface area contributed by atoms with Crippen molar-refractivity contribution in [3.63, 3.8) is 0 Å². The average molecular weight is 318 g/mol. The summed E-state index contributed by atoms with van der Waals surface area (Å²) in [5.41, 5.74) is 10.5. The topological polar surface area (TPSA) is 59.2 Å². The van der Waals surface area contributed by atoms with E-state index in [0.717, 1.165) is 29.1 Å². The highest BCUT2D eigenvalue weighted by Gasteiger charge is 2.28. The lowest BCUT2D eigenvalue weighted by Crippen LogP contribution is -2.46. The quantitative estimate of drug-likeness (QED) is 0.879. The third kappa shape index (κ3) is 2.98. The zero-order valence-electron chi connectivity index (χ0n) is 12.7. The van der Waals surface area contributed by atoms with Gasteiger partial charge in [-0.15, -0.1) is 12.4 Å². The molecule has 1 aliphatic rings. The van der Waals surface area contributed by atoms with Crippen LogP contribution in [0, 0.1) is 13.8 Å². The zero-order chi connectivity index (χ0) is 15.0. The van der Waals surface area contributed by atoms with E-state index in [2.05, 4.69) is 4.98 Å². The molecule has 1 aromatic carbocycles. The van der Waals surface area contributed by atoms with Gasteiger partial charge in [0.25, 0.3) is 5.91 Å². The Hall–Kier alpha value is -1.91. The van der Waals surface area contributed by atoms with Crippen molar-refractivity contribution in [1.29, 1.82) is 0 Å². The summed E-state index contributed by atoms with van der Waals surface area (Å²) in [5, 5.41) is 0. The van der Waals surface area contributed by atoms with Gasteiger partial charge in [-0.3, -0.25) is 9.78 Å². The number of halogens is 1. The second kappa shape index (κ2) is 6.46. The third-order valence-corrected chi connectivity index (χ3v) is 3.88. The summed E-state index contributed by atoms with van der Waals surface area (Å²) in [6, 6.07) is 11.7. The Bertz CT molecular complexity index is 702. The number of hydrogen-bond acceptors (Lipinski definition) is 3. The van der Waals surface area contributed by atoms with Crippen LogP contribution in [-0.2, 0) is 6.42 Å². The van der Waals surface area contributed by atoms with Gasteiger partial charge >= 0.3 is 0 Å². The molecule has 0 aliphatic carbocycles. The monoisotopic (exact) mass is 317 g/mol. The van der Waals surface area contributed by atoms with Crippen molar-refractivity contribution in [3.8, 4) is 0 Å². The maximum absolute atomic E-state index is 12.9. The van der Waals surface area contributed by atoms with Crippen LogP contribution in [-0.4, -0.2) is 23.5 Å². The number of aromatic nitrogens is 1. The van der Waals surface area contributed by atoms with Gasteiger partial charge in [-0.25, -0.2) is 0 Å². The van der Waals surface area contributed by atoms with Gasteiger partial charge in [-0.1, -0.05) is 18.2 Å². The Morgan fingerprint density at radius 3 is 2.68 bits per heavy atom. The van der Waals surface area contributed by atoms with Crippen LogP contribution in [0.4, 0.5) is 5.69 Å². The minimum atomic E-state index is -0.0254. The van der Waals surface area contributed by atoms with E-state index >= 15 is 0 Å². The number of nitrogens with zero attached hydrogens (tertiary/aromatic N) is 2. The number of carbonyl (C=O) groups excluding carboxylic acids is 1. The summed E-state index contributed by atoms with van der Waals surface area (Å²) in [5.74, 6) is -0.0254. The van der Waals surface area contributed by atoms with Crippen molar-refractivity contribution in [1.82, 2.24) is 4.98 Å². The standard InChI is InChI=1S/C17H19N3O.ClH/c1-11-7-8-15(12(2)19-11)17(21)20-10-14(18)9-13-5-3-4-6-16(13)20;/h3-8,14H,9-10,18H2,1-2H3;1H. The van der Waals surface area contributed by atoms with Crippen LogP contribution >= 0.6 is 12.4 Å². The third-order valence-electron chi connectivity index (χ3n) is 3.88. The lowest BCUT2D eigenvalue weighted by molar-refractivity contribution is 0.0982. The van der Waals surface area contributed by atoms with Gasteiger partial charge in [0.05, 0.1) is 11.3 Å². The fraction of sp³-hybridized carbons (Fsp3) is 0.294. The Labute approximate surface area is 136 Å². The highest BCUT2D eigenvalue weighted by atomic mass is 35.5. The predicted molar refractivity (Wildman–Crippen MR) is 90.8 cm³/mol. The smallest absolute Gasteiger partial charge is 0.260 e. The molecule has 116 valence electrons. The Kier molecular flexibility index (Phi) is 4.84. The molecule has 2 N–H and O–H groups in total. The van der Waals surface area contributed by atoms with Crippen molar-refractivity contribution in [2.45, 2.75) is 26.3 Å². The molecule has 3 rings (SSSR count). The molecule has 0 radical (unpaired) electrons. The average Bonchev–Trinajstić information content (AvgIpc) is 2.45. The molecule has 2 aromatic rings. The summed E-state index contributed by atoms with van der Waals surface area (Å²) in [6.07, 6.45) is 0.811. The number of aryl methyl sites for hydroxylation is 2. The van der Waals surface area contributed by atoms with Crippen LogP contribution in [0.1, 0.15) is 27.3 Å². The highest BCUT2D eigenvalue weighted by Crippen LogP contribution is 2.28. The highest BCUT2D eigenvalue weighted by molar-refractivity contribution is 6.07. The molecule has 22 heavy (non-hydrogen) atoms. The molecule has 1 unspecified atom stereocenters. The second-order valence-corrected chi connectivity index (χ2v) is 5.59. The fourth-order valence-electron chi connectivity index (χ4n) is 2.88. The first kappa shape index (κ1) is 16.5. The van der Waals surface area contributed by atoms with Crippen LogP contribution < -0.4 is 10.6 Å². The largest absolute Gasteiger partial charge is 0.326 e. The number of carbonyl (C=O) groups is 1. The lowest BCUT2D eigenvalue weighted by atomic mass is 9.97. The molecule has 0 bridgehead atoms. The number of fused-ring (bicyclic) bond motifs is 1. The van der Waals surface area contributed by atoms with E-state index in [9.17, 15) is 4.79 Å². The number of anilines is 1. The maximum Gasteiger partial charge on any atom is 0.260 e. The first-order valence-corrected chi connectivity index (χ1v) is 7.16. The molecule has 0 spiro atoms. The van der Waals surface area contributed by atoms with Crippen LogP contribution in [0.5, 0.6) is 0 Å². The molecule has 0 fully saturated rings. The Balaban J connectivity index is 0.00000176. The Morgan fingerprint density at radius 1 is 1.23 bits per heavy atom. The number of pyridine rings is 1. The van der Waals surface area contributed by atoms with E-state index in [4.69, 9.17) is 5.73 Å². The molecule has 1 aliphatic heterocycles. The van der Waals surface area contributed by atoms with E-state index in [1.807, 2.05) is 50.2 Å². The van der Waals surface area contributed by atoms with E-state index in [-0.39, 0.29) is 24.4 Å². The van der Waals surface area contributed by atoms with Crippen LogP contribution in [0.15, 0.2) is 36.4 Å². The Morgan fingerprint density at radius 2 is 1.95 bits per heavy atom. The second-order valence-electron chi connectivity index (χ2n) is 5.59. The van der Waals surface area contributed by atoms with Gasteiger partial charge in [0.1, 0.15) is 0 Å². The number of rotatable bonds is 1. The van der Waals surface area contributed by atoms with Gasteiger partial charge in [-0.05, 0) is 44.0 Å². The SMILES string of the molecule is Cc1ccc(C(=O)N2CC(N)Cc3ccccc32)c(C)n1.Cl. The maximum atomic E-state index is 12.9. The molecular formula is C17H20ClN3O. The normalized spacial score (nSPS) is 16.7. The molecule has 0 saturated heterocycles.